The second kappa shape index (κ2) is 5.63. The van der Waals surface area contributed by atoms with Gasteiger partial charge in [-0.05, 0) is 52.3 Å². The first-order chi connectivity index (χ1) is 8.97. The number of hydrogen-bond acceptors (Lipinski definition) is 3. The molecule has 0 heterocycles. The van der Waals surface area contributed by atoms with Crippen LogP contribution in [0.2, 0.25) is 0 Å². The Balaban J connectivity index is 2.28. The fraction of sp³-hybridized carbons (Fsp3) is 0. The first-order valence-corrected chi connectivity index (χ1v) is 6.97. The predicted molar refractivity (Wildman–Crippen MR) is 85.1 cm³/mol. The van der Waals surface area contributed by atoms with Crippen LogP contribution in [0.1, 0.15) is 10.4 Å². The first-order valence-electron chi connectivity index (χ1n) is 5.39. The third kappa shape index (κ3) is 3.27. The summed E-state index contributed by atoms with van der Waals surface area (Å²) in [5, 5.41) is 2.79. The highest BCUT2D eigenvalue weighted by Gasteiger charge is 2.11. The van der Waals surface area contributed by atoms with Gasteiger partial charge in [0.1, 0.15) is 0 Å². The number of benzene rings is 2. The summed E-state index contributed by atoms with van der Waals surface area (Å²) < 4.78 is 1.66. The zero-order valence-electron chi connectivity index (χ0n) is 9.78. The molecular formula is C13H11Br2N3O. The Kier molecular flexibility index (Phi) is 4.11. The first kappa shape index (κ1) is 13.9. The zero-order valence-corrected chi connectivity index (χ0v) is 13.0. The zero-order chi connectivity index (χ0) is 14.0. The summed E-state index contributed by atoms with van der Waals surface area (Å²) >= 11 is 6.73. The fourth-order valence-electron chi connectivity index (χ4n) is 1.57. The van der Waals surface area contributed by atoms with Crippen molar-refractivity contribution in [3.05, 3.63) is 50.9 Å². The highest BCUT2D eigenvalue weighted by molar-refractivity contribution is 9.11. The van der Waals surface area contributed by atoms with Gasteiger partial charge in [0.05, 0.1) is 11.3 Å². The van der Waals surface area contributed by atoms with Crippen molar-refractivity contribution >= 4 is 54.8 Å². The SMILES string of the molecule is Nc1ccc(C(=O)Nc2cc(Br)ccc2Br)c(N)c1. The Labute approximate surface area is 127 Å². The summed E-state index contributed by atoms with van der Waals surface area (Å²) in [7, 11) is 0. The molecule has 0 aliphatic rings. The molecule has 0 saturated heterocycles. The van der Waals surface area contributed by atoms with E-state index in [2.05, 4.69) is 37.2 Å². The van der Waals surface area contributed by atoms with E-state index in [-0.39, 0.29) is 5.91 Å². The average molecular weight is 385 g/mol. The van der Waals surface area contributed by atoms with Gasteiger partial charge in [0, 0.05) is 20.3 Å². The Morgan fingerprint density at radius 3 is 2.47 bits per heavy atom. The maximum Gasteiger partial charge on any atom is 0.257 e. The number of nitrogens with one attached hydrogen (secondary N) is 1. The van der Waals surface area contributed by atoms with Crippen LogP contribution in [0, 0.1) is 0 Å². The lowest BCUT2D eigenvalue weighted by atomic mass is 10.1. The van der Waals surface area contributed by atoms with Crippen molar-refractivity contribution in [2.24, 2.45) is 0 Å². The third-order valence-electron chi connectivity index (χ3n) is 2.50. The van der Waals surface area contributed by atoms with Crippen LogP contribution in [0.3, 0.4) is 0 Å². The van der Waals surface area contributed by atoms with E-state index in [4.69, 9.17) is 11.5 Å². The number of halogens is 2. The molecule has 0 radical (unpaired) electrons. The normalized spacial score (nSPS) is 10.2. The Morgan fingerprint density at radius 1 is 1.05 bits per heavy atom. The van der Waals surface area contributed by atoms with E-state index in [1.807, 2.05) is 12.1 Å². The second-order valence-corrected chi connectivity index (χ2v) is 5.69. The smallest absolute Gasteiger partial charge is 0.257 e. The number of rotatable bonds is 2. The van der Waals surface area contributed by atoms with Gasteiger partial charge in [-0.25, -0.2) is 0 Å². The number of hydrogen-bond donors (Lipinski definition) is 3. The van der Waals surface area contributed by atoms with E-state index in [1.165, 1.54) is 0 Å². The summed E-state index contributed by atoms with van der Waals surface area (Å²) in [5.74, 6) is -0.281. The van der Waals surface area contributed by atoms with Gasteiger partial charge in [0.2, 0.25) is 0 Å². The molecule has 4 nitrogen and oxygen atoms in total. The molecule has 0 spiro atoms. The maximum absolute atomic E-state index is 12.1. The molecule has 6 heteroatoms. The minimum Gasteiger partial charge on any atom is -0.399 e. The number of nitrogen functional groups attached to an aromatic ring is 2. The van der Waals surface area contributed by atoms with E-state index >= 15 is 0 Å². The summed E-state index contributed by atoms with van der Waals surface area (Å²) in [5.41, 5.74) is 13.3. The molecule has 5 N–H and O–H groups in total. The molecule has 0 aliphatic heterocycles. The highest BCUT2D eigenvalue weighted by Crippen LogP contribution is 2.27. The molecule has 19 heavy (non-hydrogen) atoms. The van der Waals surface area contributed by atoms with Crippen molar-refractivity contribution in [3.63, 3.8) is 0 Å². The third-order valence-corrected chi connectivity index (χ3v) is 3.68. The molecular weight excluding hydrogens is 374 g/mol. The van der Waals surface area contributed by atoms with Gasteiger partial charge in [-0.15, -0.1) is 0 Å². The van der Waals surface area contributed by atoms with Crippen molar-refractivity contribution in [1.82, 2.24) is 0 Å². The van der Waals surface area contributed by atoms with E-state index < -0.39 is 0 Å². The topological polar surface area (TPSA) is 81.1 Å². The molecule has 2 aromatic carbocycles. The van der Waals surface area contributed by atoms with Crippen molar-refractivity contribution < 1.29 is 4.79 Å². The summed E-state index contributed by atoms with van der Waals surface area (Å²) in [6.45, 7) is 0. The lowest BCUT2D eigenvalue weighted by Gasteiger charge is -2.10. The minimum atomic E-state index is -0.281. The van der Waals surface area contributed by atoms with Crippen molar-refractivity contribution in [3.8, 4) is 0 Å². The van der Waals surface area contributed by atoms with E-state index in [1.54, 1.807) is 24.3 Å². The van der Waals surface area contributed by atoms with Gasteiger partial charge in [-0.2, -0.15) is 0 Å². The van der Waals surface area contributed by atoms with Crippen molar-refractivity contribution in [2.75, 3.05) is 16.8 Å². The van der Waals surface area contributed by atoms with Gasteiger partial charge in [-0.1, -0.05) is 15.9 Å². The number of nitrogens with two attached hydrogens (primary N) is 2. The number of anilines is 3. The molecule has 0 aromatic heterocycles. The Bertz CT molecular complexity index is 644. The molecule has 1 amide bonds. The lowest BCUT2D eigenvalue weighted by molar-refractivity contribution is 0.102. The fourth-order valence-corrected chi connectivity index (χ4v) is 2.28. The Morgan fingerprint density at radius 2 is 1.79 bits per heavy atom. The van der Waals surface area contributed by atoms with Gasteiger partial charge in [0.25, 0.3) is 5.91 Å². The predicted octanol–water partition coefficient (Wildman–Crippen LogP) is 3.63. The van der Waals surface area contributed by atoms with Crippen LogP contribution in [0.4, 0.5) is 17.1 Å². The van der Waals surface area contributed by atoms with Crippen LogP contribution in [0.25, 0.3) is 0 Å². The standard InChI is InChI=1S/C13H11Br2N3O/c14-7-1-4-10(15)12(5-7)18-13(19)9-3-2-8(16)6-11(9)17/h1-6H,16-17H2,(H,18,19). The van der Waals surface area contributed by atoms with Crippen LogP contribution < -0.4 is 16.8 Å². The van der Waals surface area contributed by atoms with Crippen molar-refractivity contribution in [2.45, 2.75) is 0 Å². The lowest BCUT2D eigenvalue weighted by Crippen LogP contribution is -2.14. The average Bonchev–Trinajstić information content (AvgIpc) is 2.33. The maximum atomic E-state index is 12.1. The van der Waals surface area contributed by atoms with Crippen molar-refractivity contribution in [1.29, 1.82) is 0 Å². The molecule has 0 unspecified atom stereocenters. The van der Waals surface area contributed by atoms with Crippen LogP contribution >= 0.6 is 31.9 Å². The molecule has 0 bridgehead atoms. The van der Waals surface area contributed by atoms with Gasteiger partial charge < -0.3 is 16.8 Å². The molecule has 0 saturated carbocycles. The monoisotopic (exact) mass is 383 g/mol. The summed E-state index contributed by atoms with van der Waals surface area (Å²) in [6.07, 6.45) is 0. The van der Waals surface area contributed by atoms with E-state index in [0.29, 0.717) is 22.6 Å². The second-order valence-electron chi connectivity index (χ2n) is 3.92. The van der Waals surface area contributed by atoms with Crippen LogP contribution in [0.5, 0.6) is 0 Å². The van der Waals surface area contributed by atoms with Gasteiger partial charge >= 0.3 is 0 Å². The summed E-state index contributed by atoms with van der Waals surface area (Å²) in [4.78, 5) is 12.1. The Hall–Kier alpha value is -1.53. The molecule has 2 aromatic rings. The molecule has 0 fully saturated rings. The molecule has 0 atom stereocenters. The van der Waals surface area contributed by atoms with Crippen LogP contribution in [-0.4, -0.2) is 5.91 Å². The number of carbonyl (C=O) groups is 1. The molecule has 0 aliphatic carbocycles. The molecule has 2 rings (SSSR count). The van der Waals surface area contributed by atoms with Gasteiger partial charge in [0.15, 0.2) is 0 Å². The number of amides is 1. The number of carbonyl (C=O) groups excluding carboxylic acids is 1. The molecule has 98 valence electrons. The largest absolute Gasteiger partial charge is 0.399 e. The quantitative estimate of drug-likeness (QED) is 0.691. The van der Waals surface area contributed by atoms with E-state index in [9.17, 15) is 4.79 Å². The highest BCUT2D eigenvalue weighted by atomic mass is 79.9. The summed E-state index contributed by atoms with van der Waals surface area (Å²) in [6, 6.07) is 10.3. The van der Waals surface area contributed by atoms with Crippen LogP contribution in [-0.2, 0) is 0 Å². The van der Waals surface area contributed by atoms with Gasteiger partial charge in [-0.3, -0.25) is 4.79 Å². The minimum absolute atomic E-state index is 0.281. The van der Waals surface area contributed by atoms with Crippen LogP contribution in [0.15, 0.2) is 45.3 Å². The van der Waals surface area contributed by atoms with E-state index in [0.717, 1.165) is 8.95 Å².